The number of fused-ring (bicyclic) bond motifs is 1. The fraction of sp³-hybridized carbons (Fsp3) is 0.407. The zero-order valence-electron chi connectivity index (χ0n) is 20.7. The number of benzene rings is 2. The molecule has 1 N–H and O–H groups in total. The van der Waals surface area contributed by atoms with Crippen molar-refractivity contribution in [1.29, 1.82) is 0 Å². The highest BCUT2D eigenvalue weighted by molar-refractivity contribution is 7.90. The van der Waals surface area contributed by atoms with E-state index in [1.807, 2.05) is 36.6 Å². The number of imidazole rings is 1. The molecule has 0 spiro atoms. The number of halogens is 1. The second kappa shape index (κ2) is 12.4. The number of rotatable bonds is 12. The first-order valence-electron chi connectivity index (χ1n) is 12.2. The van der Waals surface area contributed by atoms with Gasteiger partial charge in [0.15, 0.2) is 0 Å². The first-order chi connectivity index (χ1) is 16.7. The molecule has 3 rings (SSSR count). The number of unbranched alkanes of at least 4 members (excludes halogenated alkanes) is 4. The van der Waals surface area contributed by atoms with Crippen LogP contribution in [0.1, 0.15) is 79.7 Å². The van der Waals surface area contributed by atoms with Crippen LogP contribution in [-0.2, 0) is 16.6 Å². The van der Waals surface area contributed by atoms with E-state index in [1.165, 1.54) is 12.8 Å². The summed E-state index contributed by atoms with van der Waals surface area (Å²) in [5.74, 6) is 0.0872. The molecular formula is C27H34ClN3O3S. The van der Waals surface area contributed by atoms with Crippen molar-refractivity contribution < 1.29 is 13.2 Å². The van der Waals surface area contributed by atoms with E-state index >= 15 is 0 Å². The monoisotopic (exact) mass is 515 g/mol. The van der Waals surface area contributed by atoms with E-state index in [0.29, 0.717) is 18.0 Å². The Bertz CT molecular complexity index is 1310. The van der Waals surface area contributed by atoms with Crippen molar-refractivity contribution in [3.63, 3.8) is 0 Å². The highest BCUT2D eigenvalue weighted by Crippen LogP contribution is 2.24. The predicted molar refractivity (Wildman–Crippen MR) is 144 cm³/mol. The standard InChI is InChI=1S/C27H34ClN3O3S/c1-4-6-8-9-11-21-12-13-23(24(28)17-21)19-31-20(3)29-25-15-14-22(18-26(25)31)27(32)30-35(33,34)16-10-7-5-2/h9,11-15,17-18H,4-8,10,16,19H2,1-3H3,(H,30,32). The molecule has 0 bridgehead atoms. The number of aromatic nitrogens is 2. The lowest BCUT2D eigenvalue weighted by Crippen LogP contribution is -2.32. The van der Waals surface area contributed by atoms with Crippen LogP contribution in [0.15, 0.2) is 42.5 Å². The van der Waals surface area contributed by atoms with Gasteiger partial charge in [0.05, 0.1) is 23.3 Å². The van der Waals surface area contributed by atoms with Crippen LogP contribution < -0.4 is 4.72 Å². The van der Waals surface area contributed by atoms with E-state index < -0.39 is 15.9 Å². The Kier molecular flexibility index (Phi) is 9.52. The van der Waals surface area contributed by atoms with Crippen molar-refractivity contribution in [3.05, 3.63) is 70.0 Å². The summed E-state index contributed by atoms with van der Waals surface area (Å²) in [7, 11) is -3.67. The normalized spacial score (nSPS) is 12.0. The Labute approximate surface area is 213 Å². The minimum absolute atomic E-state index is 0.0614. The topological polar surface area (TPSA) is 81.1 Å². The second-order valence-electron chi connectivity index (χ2n) is 8.80. The summed E-state index contributed by atoms with van der Waals surface area (Å²) in [5, 5.41) is 0.663. The number of hydrogen-bond acceptors (Lipinski definition) is 4. The molecule has 0 aliphatic heterocycles. The van der Waals surface area contributed by atoms with Crippen LogP contribution in [0.25, 0.3) is 17.1 Å². The first kappa shape index (κ1) is 27.0. The quantitative estimate of drug-likeness (QED) is 0.279. The average molecular weight is 516 g/mol. The lowest BCUT2D eigenvalue weighted by atomic mass is 10.1. The van der Waals surface area contributed by atoms with Gasteiger partial charge in [0, 0.05) is 10.6 Å². The van der Waals surface area contributed by atoms with Gasteiger partial charge in [-0.25, -0.2) is 18.1 Å². The summed E-state index contributed by atoms with van der Waals surface area (Å²) in [6.07, 6.45) is 9.87. The van der Waals surface area contributed by atoms with Gasteiger partial charge < -0.3 is 4.57 Å². The van der Waals surface area contributed by atoms with E-state index in [0.717, 1.165) is 47.2 Å². The molecule has 2 aromatic carbocycles. The van der Waals surface area contributed by atoms with Gasteiger partial charge in [0.25, 0.3) is 5.91 Å². The van der Waals surface area contributed by atoms with E-state index in [-0.39, 0.29) is 11.3 Å². The zero-order chi connectivity index (χ0) is 25.4. The van der Waals surface area contributed by atoms with Gasteiger partial charge in [-0.1, -0.05) is 75.4 Å². The van der Waals surface area contributed by atoms with Crippen LogP contribution in [0.4, 0.5) is 0 Å². The number of amides is 1. The molecule has 0 aliphatic carbocycles. The summed E-state index contributed by atoms with van der Waals surface area (Å²) in [6, 6.07) is 11.0. The lowest BCUT2D eigenvalue weighted by Gasteiger charge is -2.11. The smallest absolute Gasteiger partial charge is 0.264 e. The third-order valence-electron chi connectivity index (χ3n) is 5.91. The molecule has 0 radical (unpaired) electrons. The molecule has 188 valence electrons. The molecular weight excluding hydrogens is 482 g/mol. The molecule has 1 heterocycles. The molecule has 0 fully saturated rings. The van der Waals surface area contributed by atoms with Gasteiger partial charge in [0.2, 0.25) is 10.0 Å². The number of aryl methyl sites for hydroxylation is 1. The molecule has 1 amide bonds. The molecule has 0 aliphatic rings. The number of carbonyl (C=O) groups excluding carboxylic acids is 1. The highest BCUT2D eigenvalue weighted by Gasteiger charge is 2.18. The molecule has 8 heteroatoms. The van der Waals surface area contributed by atoms with Crippen LogP contribution in [-0.4, -0.2) is 29.6 Å². The number of allylic oxidation sites excluding steroid dienone is 1. The molecule has 0 atom stereocenters. The minimum Gasteiger partial charge on any atom is -0.324 e. The molecule has 1 aromatic heterocycles. The molecule has 6 nitrogen and oxygen atoms in total. The fourth-order valence-electron chi connectivity index (χ4n) is 3.88. The van der Waals surface area contributed by atoms with Crippen molar-refractivity contribution in [3.8, 4) is 0 Å². The maximum absolute atomic E-state index is 12.7. The van der Waals surface area contributed by atoms with Crippen molar-refractivity contribution in [1.82, 2.24) is 14.3 Å². The van der Waals surface area contributed by atoms with Crippen LogP contribution in [0.3, 0.4) is 0 Å². The van der Waals surface area contributed by atoms with E-state index in [9.17, 15) is 13.2 Å². The highest BCUT2D eigenvalue weighted by atomic mass is 35.5. The largest absolute Gasteiger partial charge is 0.324 e. The summed E-state index contributed by atoms with van der Waals surface area (Å²) in [4.78, 5) is 17.3. The van der Waals surface area contributed by atoms with E-state index in [2.05, 4.69) is 28.8 Å². The Morgan fingerprint density at radius 1 is 1.09 bits per heavy atom. The molecule has 35 heavy (non-hydrogen) atoms. The van der Waals surface area contributed by atoms with Crippen LogP contribution in [0.5, 0.6) is 0 Å². The van der Waals surface area contributed by atoms with Gasteiger partial charge in [-0.3, -0.25) is 4.79 Å². The zero-order valence-corrected chi connectivity index (χ0v) is 22.3. The Hall–Kier alpha value is -2.64. The third kappa shape index (κ3) is 7.42. The first-order valence-corrected chi connectivity index (χ1v) is 14.2. The number of hydrogen-bond donors (Lipinski definition) is 1. The average Bonchev–Trinajstić information content (AvgIpc) is 3.12. The minimum atomic E-state index is -3.67. The van der Waals surface area contributed by atoms with Crippen LogP contribution in [0.2, 0.25) is 5.02 Å². The Morgan fingerprint density at radius 3 is 2.57 bits per heavy atom. The second-order valence-corrected chi connectivity index (χ2v) is 11.1. The lowest BCUT2D eigenvalue weighted by molar-refractivity contribution is 0.0981. The number of nitrogens with zero attached hydrogens (tertiary/aromatic N) is 2. The molecule has 3 aromatic rings. The summed E-state index contributed by atoms with van der Waals surface area (Å²) in [6.45, 7) is 6.56. The summed E-state index contributed by atoms with van der Waals surface area (Å²) in [5.41, 5.74) is 3.75. The fourth-order valence-corrected chi connectivity index (χ4v) is 5.22. The van der Waals surface area contributed by atoms with Gasteiger partial charge in [0.1, 0.15) is 5.82 Å². The molecule has 0 unspecified atom stereocenters. The predicted octanol–water partition coefficient (Wildman–Crippen LogP) is 6.50. The third-order valence-corrected chi connectivity index (χ3v) is 7.58. The van der Waals surface area contributed by atoms with Crippen LogP contribution in [0, 0.1) is 6.92 Å². The van der Waals surface area contributed by atoms with Crippen molar-refractivity contribution >= 4 is 44.6 Å². The van der Waals surface area contributed by atoms with Gasteiger partial charge in [-0.15, -0.1) is 0 Å². The maximum atomic E-state index is 12.7. The van der Waals surface area contributed by atoms with Gasteiger partial charge >= 0.3 is 0 Å². The van der Waals surface area contributed by atoms with Gasteiger partial charge in [-0.05, 0) is 55.2 Å². The summed E-state index contributed by atoms with van der Waals surface area (Å²) < 4.78 is 28.7. The Balaban J connectivity index is 1.81. The van der Waals surface area contributed by atoms with E-state index in [4.69, 9.17) is 11.6 Å². The van der Waals surface area contributed by atoms with E-state index in [1.54, 1.807) is 18.2 Å². The van der Waals surface area contributed by atoms with Crippen molar-refractivity contribution in [2.45, 2.75) is 65.8 Å². The number of sulfonamides is 1. The van der Waals surface area contributed by atoms with Crippen molar-refractivity contribution in [2.75, 3.05) is 5.75 Å². The molecule has 0 saturated carbocycles. The van der Waals surface area contributed by atoms with Crippen LogP contribution >= 0.6 is 11.6 Å². The SMILES string of the molecule is CCCCC=Cc1ccc(Cn2c(C)nc3ccc(C(=O)NS(=O)(=O)CCCCC)cc32)c(Cl)c1. The number of nitrogens with one attached hydrogen (secondary N) is 1. The van der Waals surface area contributed by atoms with Crippen molar-refractivity contribution in [2.24, 2.45) is 0 Å². The molecule has 0 saturated heterocycles. The van der Waals surface area contributed by atoms with Gasteiger partial charge in [-0.2, -0.15) is 0 Å². The summed E-state index contributed by atoms with van der Waals surface area (Å²) >= 11 is 6.60. The maximum Gasteiger partial charge on any atom is 0.264 e. The Morgan fingerprint density at radius 2 is 1.86 bits per heavy atom. The number of carbonyl (C=O) groups is 1.